The average Bonchev–Trinajstić information content (AvgIpc) is 2.83. The Labute approximate surface area is 198 Å². The third-order valence-electron chi connectivity index (χ3n) is 5.53. The molecule has 2 heterocycles. The molecule has 3 aromatic rings. The Morgan fingerprint density at radius 2 is 1.94 bits per heavy atom. The average molecular weight is 486 g/mol. The van der Waals surface area contributed by atoms with Crippen molar-refractivity contribution >= 4 is 33.2 Å². The molecule has 0 radical (unpaired) electrons. The fourth-order valence-corrected chi connectivity index (χ4v) is 5.35. The number of aromatic nitrogens is 1. The molecule has 9 heteroatoms. The maximum absolute atomic E-state index is 13.6. The zero-order valence-corrected chi connectivity index (χ0v) is 19.4. The van der Waals surface area contributed by atoms with Crippen LogP contribution in [0.3, 0.4) is 0 Å². The first-order valence-electron chi connectivity index (χ1n) is 10.6. The van der Waals surface area contributed by atoms with Crippen molar-refractivity contribution < 1.29 is 18.3 Å². The number of amides is 1. The third-order valence-corrected chi connectivity index (χ3v) is 7.54. The Morgan fingerprint density at radius 1 is 1.15 bits per heavy atom. The van der Waals surface area contributed by atoms with Gasteiger partial charge in [-0.3, -0.25) is 14.1 Å². The van der Waals surface area contributed by atoms with Crippen molar-refractivity contribution in [1.82, 2.24) is 9.88 Å². The van der Waals surface area contributed by atoms with Gasteiger partial charge in [0.2, 0.25) is 0 Å². The van der Waals surface area contributed by atoms with Gasteiger partial charge in [0, 0.05) is 36.1 Å². The van der Waals surface area contributed by atoms with Crippen LogP contribution in [0.1, 0.15) is 28.8 Å². The van der Waals surface area contributed by atoms with Crippen LogP contribution in [0.25, 0.3) is 0 Å². The molecule has 0 spiro atoms. The van der Waals surface area contributed by atoms with Crippen molar-refractivity contribution in [2.24, 2.45) is 0 Å². The number of β-amino-alcohol motifs (C(OH)–C–C–N with tert-alkyl or cyclic N) is 1. The van der Waals surface area contributed by atoms with Gasteiger partial charge in [0.15, 0.2) is 0 Å². The molecule has 0 aliphatic carbocycles. The summed E-state index contributed by atoms with van der Waals surface area (Å²) in [6.07, 6.45) is 3.66. The van der Waals surface area contributed by atoms with Gasteiger partial charge in [-0.25, -0.2) is 8.42 Å². The van der Waals surface area contributed by atoms with Gasteiger partial charge in [0.1, 0.15) is 4.90 Å². The number of sulfonamides is 1. The topological polar surface area (TPSA) is 90.8 Å². The molecule has 1 saturated heterocycles. The van der Waals surface area contributed by atoms with E-state index in [9.17, 15) is 18.3 Å². The number of carbonyl (C=O) groups excluding carboxylic acids is 1. The Kier molecular flexibility index (Phi) is 6.97. The molecule has 33 heavy (non-hydrogen) atoms. The predicted molar refractivity (Wildman–Crippen MR) is 127 cm³/mol. The van der Waals surface area contributed by atoms with Gasteiger partial charge in [-0.15, -0.1) is 0 Å². The quantitative estimate of drug-likeness (QED) is 0.574. The summed E-state index contributed by atoms with van der Waals surface area (Å²) < 4.78 is 28.4. The lowest BCUT2D eigenvalue weighted by molar-refractivity contribution is 0.0474. The van der Waals surface area contributed by atoms with Gasteiger partial charge >= 0.3 is 0 Å². The highest BCUT2D eigenvalue weighted by Crippen LogP contribution is 2.28. The SMILES string of the molecule is O=C(c1cccc(N(Cc2ccc(Cl)cc2)S(=O)(=O)c2cccnc2)c1)N1CCCC(O)C1. The fourth-order valence-electron chi connectivity index (χ4n) is 3.81. The van der Waals surface area contributed by atoms with Crippen LogP contribution >= 0.6 is 11.6 Å². The molecule has 1 amide bonds. The predicted octanol–water partition coefficient (Wildman–Crippen LogP) is 3.73. The number of hydrogen-bond donors (Lipinski definition) is 1. The lowest BCUT2D eigenvalue weighted by atomic mass is 10.1. The number of carbonyl (C=O) groups is 1. The van der Waals surface area contributed by atoms with Gasteiger partial charge < -0.3 is 10.0 Å². The van der Waals surface area contributed by atoms with E-state index in [4.69, 9.17) is 11.6 Å². The number of aliphatic hydroxyl groups excluding tert-OH is 1. The van der Waals surface area contributed by atoms with Crippen LogP contribution in [0.15, 0.2) is 78.0 Å². The van der Waals surface area contributed by atoms with E-state index in [2.05, 4.69) is 4.98 Å². The van der Waals surface area contributed by atoms with Crippen molar-refractivity contribution in [3.63, 3.8) is 0 Å². The number of anilines is 1. The molecule has 1 unspecified atom stereocenters. The summed E-state index contributed by atoms with van der Waals surface area (Å²) >= 11 is 5.99. The van der Waals surface area contributed by atoms with E-state index < -0.39 is 16.1 Å². The molecule has 1 aromatic heterocycles. The molecule has 1 N–H and O–H groups in total. The summed E-state index contributed by atoms with van der Waals surface area (Å²) in [6.45, 7) is 0.878. The maximum Gasteiger partial charge on any atom is 0.266 e. The van der Waals surface area contributed by atoms with Crippen LogP contribution in [-0.2, 0) is 16.6 Å². The molecule has 172 valence electrons. The highest BCUT2D eigenvalue weighted by Gasteiger charge is 2.28. The van der Waals surface area contributed by atoms with Crippen LogP contribution in [-0.4, -0.2) is 48.5 Å². The second kappa shape index (κ2) is 9.91. The summed E-state index contributed by atoms with van der Waals surface area (Å²) in [5, 5.41) is 10.5. The fraction of sp³-hybridized carbons (Fsp3) is 0.250. The molecule has 7 nitrogen and oxygen atoms in total. The van der Waals surface area contributed by atoms with E-state index in [-0.39, 0.29) is 23.9 Å². The minimum absolute atomic E-state index is 0.0501. The Balaban J connectivity index is 1.72. The summed E-state index contributed by atoms with van der Waals surface area (Å²) in [6, 6.07) is 16.5. The summed E-state index contributed by atoms with van der Waals surface area (Å²) in [4.78, 5) is 18.7. The van der Waals surface area contributed by atoms with Crippen molar-refractivity contribution in [3.8, 4) is 0 Å². The highest BCUT2D eigenvalue weighted by molar-refractivity contribution is 7.92. The number of piperidine rings is 1. The van der Waals surface area contributed by atoms with Crippen LogP contribution in [0.2, 0.25) is 5.02 Å². The van der Waals surface area contributed by atoms with Gasteiger partial charge in [-0.1, -0.05) is 29.8 Å². The summed E-state index contributed by atoms with van der Waals surface area (Å²) in [5.41, 5.74) is 1.46. The van der Waals surface area contributed by atoms with Crippen molar-refractivity contribution in [1.29, 1.82) is 0 Å². The number of hydrogen-bond acceptors (Lipinski definition) is 5. The van der Waals surface area contributed by atoms with Crippen molar-refractivity contribution in [2.75, 3.05) is 17.4 Å². The van der Waals surface area contributed by atoms with E-state index in [1.54, 1.807) is 59.5 Å². The molecule has 1 fully saturated rings. The zero-order valence-electron chi connectivity index (χ0n) is 17.8. The standard InChI is InChI=1S/C24H24ClN3O4S/c25-20-10-8-18(9-11-20)16-28(33(31,32)23-7-2-12-26-15-23)21-5-1-4-19(14-21)24(30)27-13-3-6-22(29)17-27/h1-2,4-5,7-12,14-15,22,29H,3,6,13,16-17H2. The highest BCUT2D eigenvalue weighted by atomic mass is 35.5. The second-order valence-electron chi connectivity index (χ2n) is 7.92. The molecule has 0 bridgehead atoms. The first-order valence-corrected chi connectivity index (χ1v) is 12.4. The minimum atomic E-state index is -3.97. The van der Waals surface area contributed by atoms with Gasteiger partial charge in [0.05, 0.1) is 18.3 Å². The summed E-state index contributed by atoms with van der Waals surface area (Å²) in [5.74, 6) is -0.235. The molecule has 4 rings (SSSR count). The number of benzene rings is 2. The van der Waals surface area contributed by atoms with Crippen LogP contribution in [0.5, 0.6) is 0 Å². The number of nitrogens with zero attached hydrogens (tertiary/aromatic N) is 3. The molecule has 1 atom stereocenters. The Bertz CT molecular complexity index is 1220. The minimum Gasteiger partial charge on any atom is -0.391 e. The molecular weight excluding hydrogens is 462 g/mol. The lowest BCUT2D eigenvalue weighted by Gasteiger charge is -2.30. The molecule has 2 aromatic carbocycles. The molecular formula is C24H24ClN3O4S. The van der Waals surface area contributed by atoms with Gasteiger partial charge in [-0.2, -0.15) is 0 Å². The van der Waals surface area contributed by atoms with Crippen LogP contribution < -0.4 is 4.31 Å². The van der Waals surface area contributed by atoms with Gasteiger partial charge in [0.25, 0.3) is 15.9 Å². The third kappa shape index (κ3) is 5.35. The first-order chi connectivity index (χ1) is 15.8. The van der Waals surface area contributed by atoms with E-state index in [0.29, 0.717) is 29.2 Å². The smallest absolute Gasteiger partial charge is 0.266 e. The number of pyridine rings is 1. The second-order valence-corrected chi connectivity index (χ2v) is 10.2. The van der Waals surface area contributed by atoms with Crippen LogP contribution in [0.4, 0.5) is 5.69 Å². The number of likely N-dealkylation sites (tertiary alicyclic amines) is 1. The van der Waals surface area contributed by atoms with Crippen molar-refractivity contribution in [3.05, 3.63) is 89.2 Å². The van der Waals surface area contributed by atoms with Crippen LogP contribution in [0, 0.1) is 0 Å². The Hall–Kier alpha value is -2.94. The summed E-state index contributed by atoms with van der Waals surface area (Å²) in [7, 11) is -3.97. The number of halogens is 1. The molecule has 1 aliphatic heterocycles. The largest absolute Gasteiger partial charge is 0.391 e. The van der Waals surface area contributed by atoms with Crippen molar-refractivity contribution in [2.45, 2.75) is 30.4 Å². The monoisotopic (exact) mass is 485 g/mol. The maximum atomic E-state index is 13.6. The van der Waals surface area contributed by atoms with E-state index in [1.165, 1.54) is 22.8 Å². The normalized spacial score (nSPS) is 16.4. The molecule has 0 saturated carbocycles. The Morgan fingerprint density at radius 3 is 2.64 bits per heavy atom. The van der Waals surface area contributed by atoms with E-state index in [0.717, 1.165) is 12.0 Å². The van der Waals surface area contributed by atoms with E-state index >= 15 is 0 Å². The lowest BCUT2D eigenvalue weighted by Crippen LogP contribution is -2.42. The van der Waals surface area contributed by atoms with E-state index in [1.807, 2.05) is 0 Å². The molecule has 1 aliphatic rings. The van der Waals surface area contributed by atoms with Gasteiger partial charge in [-0.05, 0) is 60.9 Å². The number of aliphatic hydroxyl groups is 1. The zero-order chi connectivity index (χ0) is 23.4. The number of rotatable bonds is 6. The first kappa shape index (κ1) is 23.2.